The van der Waals surface area contributed by atoms with Crippen molar-refractivity contribution in [2.75, 3.05) is 6.61 Å². The minimum atomic E-state index is 0.745. The van der Waals surface area contributed by atoms with Crippen LogP contribution >= 0.6 is 0 Å². The van der Waals surface area contributed by atoms with Crippen LogP contribution in [0.15, 0.2) is 18.5 Å². The second-order valence-corrected chi connectivity index (χ2v) is 6.33. The van der Waals surface area contributed by atoms with E-state index in [2.05, 4.69) is 23.3 Å². The summed E-state index contributed by atoms with van der Waals surface area (Å²) in [7, 11) is 0. The predicted molar refractivity (Wildman–Crippen MR) is 81.0 cm³/mol. The van der Waals surface area contributed by atoms with Crippen molar-refractivity contribution in [1.82, 2.24) is 10.3 Å². The normalized spacial score (nSPS) is 27.9. The average molecular weight is 274 g/mol. The Morgan fingerprint density at radius 2 is 2.25 bits per heavy atom. The molecular formula is C17H26N2O. The van der Waals surface area contributed by atoms with Gasteiger partial charge in [0.2, 0.25) is 0 Å². The number of ether oxygens (including phenoxy) is 1. The van der Waals surface area contributed by atoms with Gasteiger partial charge < -0.3 is 10.1 Å². The largest absolute Gasteiger partial charge is 0.492 e. The molecule has 1 aromatic rings. The molecule has 0 amide bonds. The van der Waals surface area contributed by atoms with E-state index >= 15 is 0 Å². The number of hydrogen-bond donors (Lipinski definition) is 1. The van der Waals surface area contributed by atoms with E-state index in [0.717, 1.165) is 43.2 Å². The molecule has 0 radical (unpaired) electrons. The van der Waals surface area contributed by atoms with Crippen molar-refractivity contribution in [3.63, 3.8) is 0 Å². The van der Waals surface area contributed by atoms with Crippen LogP contribution in [0.3, 0.4) is 0 Å². The van der Waals surface area contributed by atoms with Gasteiger partial charge in [-0.05, 0) is 49.7 Å². The Hall–Kier alpha value is -1.09. The summed E-state index contributed by atoms with van der Waals surface area (Å²) in [6, 6.07) is 3.71. The fraction of sp³-hybridized carbons (Fsp3) is 0.706. The molecule has 0 aliphatic carbocycles. The molecule has 2 saturated heterocycles. The number of nitrogens with one attached hydrogen (secondary N) is 1. The maximum atomic E-state index is 5.80. The van der Waals surface area contributed by atoms with Gasteiger partial charge in [0, 0.05) is 18.3 Å². The van der Waals surface area contributed by atoms with Gasteiger partial charge >= 0.3 is 0 Å². The Kier molecular flexibility index (Phi) is 4.56. The topological polar surface area (TPSA) is 34.1 Å². The van der Waals surface area contributed by atoms with E-state index in [9.17, 15) is 0 Å². The highest BCUT2D eigenvalue weighted by atomic mass is 16.5. The van der Waals surface area contributed by atoms with Crippen molar-refractivity contribution >= 4 is 0 Å². The molecule has 3 heterocycles. The highest BCUT2D eigenvalue weighted by molar-refractivity contribution is 5.24. The molecule has 3 unspecified atom stereocenters. The van der Waals surface area contributed by atoms with Gasteiger partial charge in [-0.15, -0.1) is 0 Å². The van der Waals surface area contributed by atoms with Crippen LogP contribution < -0.4 is 10.1 Å². The zero-order valence-electron chi connectivity index (χ0n) is 12.5. The Morgan fingerprint density at radius 3 is 3.00 bits per heavy atom. The number of unbranched alkanes of at least 4 members (excludes halogenated alkanes) is 2. The van der Waals surface area contributed by atoms with E-state index in [1.807, 2.05) is 12.4 Å². The average Bonchev–Trinajstić information content (AvgIpc) is 3.07. The zero-order valence-corrected chi connectivity index (χ0v) is 12.5. The number of pyridine rings is 1. The first-order chi connectivity index (χ1) is 9.85. The van der Waals surface area contributed by atoms with Crippen molar-refractivity contribution in [2.45, 2.75) is 64.0 Å². The van der Waals surface area contributed by atoms with E-state index in [1.54, 1.807) is 0 Å². The maximum absolute atomic E-state index is 5.80. The van der Waals surface area contributed by atoms with E-state index in [4.69, 9.17) is 4.74 Å². The first kappa shape index (κ1) is 13.9. The van der Waals surface area contributed by atoms with Crippen LogP contribution in [0.4, 0.5) is 0 Å². The summed E-state index contributed by atoms with van der Waals surface area (Å²) in [5, 5.41) is 3.71. The molecule has 1 aromatic heterocycles. The highest BCUT2D eigenvalue weighted by Gasteiger charge is 2.38. The van der Waals surface area contributed by atoms with Crippen molar-refractivity contribution in [2.24, 2.45) is 5.92 Å². The molecular weight excluding hydrogens is 248 g/mol. The summed E-state index contributed by atoms with van der Waals surface area (Å²) in [5.41, 5.74) is 1.33. The van der Waals surface area contributed by atoms with Crippen LogP contribution in [0.2, 0.25) is 0 Å². The van der Waals surface area contributed by atoms with Gasteiger partial charge in [0.05, 0.1) is 12.8 Å². The van der Waals surface area contributed by atoms with Crippen LogP contribution in [0, 0.1) is 5.92 Å². The molecule has 2 aliphatic rings. The SMILES string of the molecule is CCCCCOc1cncc(CC2CC3CCC2N3)c1. The lowest BCUT2D eigenvalue weighted by molar-refractivity contribution is 0.304. The van der Waals surface area contributed by atoms with Crippen LogP contribution in [0.25, 0.3) is 0 Å². The zero-order chi connectivity index (χ0) is 13.8. The first-order valence-electron chi connectivity index (χ1n) is 8.18. The minimum Gasteiger partial charge on any atom is -0.492 e. The lowest BCUT2D eigenvalue weighted by atomic mass is 9.85. The number of fused-ring (bicyclic) bond motifs is 2. The highest BCUT2D eigenvalue weighted by Crippen LogP contribution is 2.35. The van der Waals surface area contributed by atoms with Crippen LogP contribution in [-0.2, 0) is 6.42 Å². The number of hydrogen-bond acceptors (Lipinski definition) is 3. The van der Waals surface area contributed by atoms with E-state index in [1.165, 1.54) is 37.7 Å². The lowest BCUT2D eigenvalue weighted by Crippen LogP contribution is -2.24. The summed E-state index contributed by atoms with van der Waals surface area (Å²) >= 11 is 0. The second-order valence-electron chi connectivity index (χ2n) is 6.33. The quantitative estimate of drug-likeness (QED) is 0.774. The molecule has 2 fully saturated rings. The summed E-state index contributed by atoms with van der Waals surface area (Å²) in [6.45, 7) is 3.03. The Labute approximate surface area is 122 Å². The Morgan fingerprint density at radius 1 is 1.30 bits per heavy atom. The van der Waals surface area contributed by atoms with Crippen LogP contribution in [0.1, 0.15) is 51.0 Å². The number of rotatable bonds is 7. The number of aromatic nitrogens is 1. The lowest BCUT2D eigenvalue weighted by Gasteiger charge is -2.20. The molecule has 110 valence electrons. The van der Waals surface area contributed by atoms with Crippen LogP contribution in [-0.4, -0.2) is 23.7 Å². The summed E-state index contributed by atoms with van der Waals surface area (Å²) < 4.78 is 5.80. The molecule has 0 aromatic carbocycles. The van der Waals surface area contributed by atoms with E-state index in [-0.39, 0.29) is 0 Å². The maximum Gasteiger partial charge on any atom is 0.137 e. The van der Waals surface area contributed by atoms with Gasteiger partial charge in [-0.1, -0.05) is 19.8 Å². The van der Waals surface area contributed by atoms with Gasteiger partial charge in [0.1, 0.15) is 5.75 Å². The second kappa shape index (κ2) is 6.57. The van der Waals surface area contributed by atoms with Crippen molar-refractivity contribution in [1.29, 1.82) is 0 Å². The summed E-state index contributed by atoms with van der Waals surface area (Å²) in [4.78, 5) is 4.34. The smallest absolute Gasteiger partial charge is 0.137 e. The molecule has 2 aliphatic heterocycles. The molecule has 3 atom stereocenters. The molecule has 0 saturated carbocycles. The third-order valence-corrected chi connectivity index (χ3v) is 4.72. The fourth-order valence-electron chi connectivity index (χ4n) is 3.66. The molecule has 3 rings (SSSR count). The molecule has 1 N–H and O–H groups in total. The third-order valence-electron chi connectivity index (χ3n) is 4.72. The molecule has 3 heteroatoms. The van der Waals surface area contributed by atoms with E-state index in [0.29, 0.717) is 0 Å². The molecule has 20 heavy (non-hydrogen) atoms. The van der Waals surface area contributed by atoms with Gasteiger partial charge in [-0.25, -0.2) is 0 Å². The number of nitrogens with zero attached hydrogens (tertiary/aromatic N) is 1. The monoisotopic (exact) mass is 274 g/mol. The van der Waals surface area contributed by atoms with Crippen LogP contribution in [0.5, 0.6) is 5.75 Å². The molecule has 3 nitrogen and oxygen atoms in total. The molecule has 0 spiro atoms. The molecule has 2 bridgehead atoms. The fourth-order valence-corrected chi connectivity index (χ4v) is 3.66. The van der Waals surface area contributed by atoms with Gasteiger partial charge in [0.15, 0.2) is 0 Å². The van der Waals surface area contributed by atoms with Gasteiger partial charge in [0.25, 0.3) is 0 Å². The summed E-state index contributed by atoms with van der Waals surface area (Å²) in [6.07, 6.45) is 12.7. The van der Waals surface area contributed by atoms with Crippen molar-refractivity contribution < 1.29 is 4.74 Å². The Balaban J connectivity index is 1.52. The van der Waals surface area contributed by atoms with Crippen molar-refractivity contribution in [3.05, 3.63) is 24.0 Å². The van der Waals surface area contributed by atoms with Gasteiger partial charge in [-0.3, -0.25) is 4.98 Å². The Bertz CT molecular complexity index is 435. The standard InChI is InChI=1S/C17H26N2O/c1-2-3-4-7-20-16-9-13(11-18-12-16)8-14-10-15-5-6-17(14)19-15/h9,11-12,14-15,17,19H,2-8,10H2,1H3. The van der Waals surface area contributed by atoms with Crippen molar-refractivity contribution in [3.8, 4) is 5.75 Å². The van der Waals surface area contributed by atoms with Gasteiger partial charge in [-0.2, -0.15) is 0 Å². The summed E-state index contributed by atoms with van der Waals surface area (Å²) in [5.74, 6) is 1.74. The third kappa shape index (κ3) is 3.32. The minimum absolute atomic E-state index is 0.745. The predicted octanol–water partition coefficient (Wildman–Crippen LogP) is 3.33. The van der Waals surface area contributed by atoms with E-state index < -0.39 is 0 Å². The first-order valence-corrected chi connectivity index (χ1v) is 8.18.